The van der Waals surface area contributed by atoms with Crippen LogP contribution in [-0.4, -0.2) is 31.3 Å². The zero-order chi connectivity index (χ0) is 10.5. The van der Waals surface area contributed by atoms with Crippen molar-refractivity contribution < 1.29 is 22.7 Å². The number of halogens is 3. The van der Waals surface area contributed by atoms with Crippen LogP contribution in [0.15, 0.2) is 0 Å². The third-order valence-corrected chi connectivity index (χ3v) is 1.03. The Morgan fingerprint density at radius 2 is 2.00 bits per heavy atom. The molecule has 0 aromatic heterocycles. The second-order valence-electron chi connectivity index (χ2n) is 2.75. The minimum Gasteiger partial charge on any atom is -0.369 e. The molecule has 13 heavy (non-hydrogen) atoms. The van der Waals surface area contributed by atoms with E-state index in [-0.39, 0.29) is 12.7 Å². The number of ether oxygens (including phenoxy) is 1. The van der Waals surface area contributed by atoms with Crippen molar-refractivity contribution in [3.05, 3.63) is 0 Å². The topological polar surface area (TPSA) is 38.3 Å². The zero-order valence-corrected chi connectivity index (χ0v) is 7.44. The summed E-state index contributed by atoms with van der Waals surface area (Å²) in [5, 5.41) is 1.69. The second-order valence-corrected chi connectivity index (χ2v) is 2.75. The largest absolute Gasteiger partial charge is 0.405 e. The number of amides is 1. The summed E-state index contributed by atoms with van der Waals surface area (Å²) in [7, 11) is 0. The smallest absolute Gasteiger partial charge is 0.369 e. The van der Waals surface area contributed by atoms with Gasteiger partial charge in [0.15, 0.2) is 0 Å². The SMILES string of the molecule is CC(C)OCC(=O)NCC(F)(F)F. The fourth-order valence-corrected chi connectivity index (χ4v) is 0.492. The highest BCUT2D eigenvalue weighted by Crippen LogP contribution is 2.11. The van der Waals surface area contributed by atoms with Gasteiger partial charge in [0.25, 0.3) is 0 Å². The van der Waals surface area contributed by atoms with E-state index in [0.717, 1.165) is 0 Å². The van der Waals surface area contributed by atoms with Crippen LogP contribution < -0.4 is 5.32 Å². The average molecular weight is 199 g/mol. The number of carbonyl (C=O) groups is 1. The molecule has 0 spiro atoms. The molecule has 0 bridgehead atoms. The van der Waals surface area contributed by atoms with Crippen LogP contribution in [0.5, 0.6) is 0 Å². The lowest BCUT2D eigenvalue weighted by molar-refractivity contribution is -0.141. The first-order chi connectivity index (χ1) is 5.81. The van der Waals surface area contributed by atoms with E-state index in [0.29, 0.717) is 0 Å². The van der Waals surface area contributed by atoms with E-state index in [9.17, 15) is 18.0 Å². The Kier molecular flexibility index (Phi) is 4.76. The molecule has 1 N–H and O–H groups in total. The summed E-state index contributed by atoms with van der Waals surface area (Å²) in [6.07, 6.45) is -4.54. The van der Waals surface area contributed by atoms with Crippen LogP contribution >= 0.6 is 0 Å². The Hall–Kier alpha value is -0.780. The summed E-state index contributed by atoms with van der Waals surface area (Å²) < 4.78 is 39.5. The fourth-order valence-electron chi connectivity index (χ4n) is 0.492. The maximum atomic E-state index is 11.6. The molecular formula is C7H12F3NO2. The quantitative estimate of drug-likeness (QED) is 0.736. The van der Waals surface area contributed by atoms with Crippen molar-refractivity contribution in [2.75, 3.05) is 13.2 Å². The Labute approximate surface area is 74.3 Å². The Morgan fingerprint density at radius 3 is 2.38 bits per heavy atom. The normalized spacial score (nSPS) is 11.8. The lowest BCUT2D eigenvalue weighted by Gasteiger charge is -2.09. The fraction of sp³-hybridized carbons (Fsp3) is 0.857. The number of nitrogens with one attached hydrogen (secondary N) is 1. The molecule has 0 unspecified atom stereocenters. The maximum absolute atomic E-state index is 11.6. The van der Waals surface area contributed by atoms with Crippen molar-refractivity contribution in [2.24, 2.45) is 0 Å². The van der Waals surface area contributed by atoms with Gasteiger partial charge < -0.3 is 10.1 Å². The molecule has 6 heteroatoms. The van der Waals surface area contributed by atoms with Gasteiger partial charge in [-0.15, -0.1) is 0 Å². The number of hydrogen-bond acceptors (Lipinski definition) is 2. The molecule has 0 radical (unpaired) electrons. The lowest BCUT2D eigenvalue weighted by Crippen LogP contribution is -2.36. The molecule has 0 aromatic rings. The summed E-state index contributed by atoms with van der Waals surface area (Å²) >= 11 is 0. The van der Waals surface area contributed by atoms with Gasteiger partial charge in [-0.25, -0.2) is 0 Å². The predicted molar refractivity (Wildman–Crippen MR) is 40.2 cm³/mol. The molecule has 0 heterocycles. The molecule has 1 amide bonds. The van der Waals surface area contributed by atoms with Crippen LogP contribution in [0.1, 0.15) is 13.8 Å². The van der Waals surface area contributed by atoms with Crippen molar-refractivity contribution in [2.45, 2.75) is 26.1 Å². The number of carbonyl (C=O) groups excluding carboxylic acids is 1. The van der Waals surface area contributed by atoms with Crippen LogP contribution in [-0.2, 0) is 9.53 Å². The van der Waals surface area contributed by atoms with Gasteiger partial charge in [-0.2, -0.15) is 13.2 Å². The first-order valence-electron chi connectivity index (χ1n) is 3.76. The van der Waals surface area contributed by atoms with E-state index in [1.54, 1.807) is 19.2 Å². The summed E-state index contributed by atoms with van der Waals surface area (Å²) in [6, 6.07) is 0. The van der Waals surface area contributed by atoms with Crippen LogP contribution in [0.25, 0.3) is 0 Å². The summed E-state index contributed by atoms with van der Waals surface area (Å²) in [5.74, 6) is -0.758. The van der Waals surface area contributed by atoms with E-state index in [2.05, 4.69) is 0 Å². The standard InChI is InChI=1S/C7H12F3NO2/c1-5(2)13-3-6(12)11-4-7(8,9)10/h5H,3-4H2,1-2H3,(H,11,12). The molecule has 0 saturated carbocycles. The third-order valence-electron chi connectivity index (χ3n) is 1.03. The first-order valence-corrected chi connectivity index (χ1v) is 3.76. The van der Waals surface area contributed by atoms with Crippen molar-refractivity contribution >= 4 is 5.91 Å². The first kappa shape index (κ1) is 12.2. The van der Waals surface area contributed by atoms with E-state index >= 15 is 0 Å². The third kappa shape index (κ3) is 9.13. The van der Waals surface area contributed by atoms with Gasteiger partial charge in [-0.05, 0) is 13.8 Å². The Balaban J connectivity index is 3.53. The van der Waals surface area contributed by atoms with Gasteiger partial charge in [0.1, 0.15) is 13.2 Å². The van der Waals surface area contributed by atoms with E-state index < -0.39 is 18.6 Å². The van der Waals surface area contributed by atoms with Crippen LogP contribution in [0, 0.1) is 0 Å². The number of alkyl halides is 3. The van der Waals surface area contributed by atoms with Gasteiger partial charge in [0, 0.05) is 0 Å². The van der Waals surface area contributed by atoms with Crippen LogP contribution in [0.3, 0.4) is 0 Å². The monoisotopic (exact) mass is 199 g/mol. The van der Waals surface area contributed by atoms with E-state index in [1.165, 1.54) is 0 Å². The van der Waals surface area contributed by atoms with Gasteiger partial charge in [0.05, 0.1) is 6.10 Å². The molecule has 0 aliphatic heterocycles. The molecule has 0 aromatic carbocycles. The van der Waals surface area contributed by atoms with Crippen molar-refractivity contribution in [3.63, 3.8) is 0 Å². The minimum absolute atomic E-state index is 0.170. The molecule has 0 saturated heterocycles. The summed E-state index contributed by atoms with van der Waals surface area (Å²) in [5.41, 5.74) is 0. The second kappa shape index (κ2) is 5.06. The summed E-state index contributed by atoms with van der Waals surface area (Å²) in [6.45, 7) is 1.73. The van der Waals surface area contributed by atoms with Gasteiger partial charge in [0.2, 0.25) is 5.91 Å². The molecule has 0 rings (SSSR count). The van der Waals surface area contributed by atoms with Gasteiger partial charge in [-0.3, -0.25) is 4.79 Å². The highest BCUT2D eigenvalue weighted by molar-refractivity contribution is 5.77. The molecule has 0 fully saturated rings. The van der Waals surface area contributed by atoms with E-state index in [1.807, 2.05) is 0 Å². The highest BCUT2D eigenvalue weighted by Gasteiger charge is 2.27. The molecule has 0 aliphatic rings. The lowest BCUT2D eigenvalue weighted by atomic mass is 10.5. The van der Waals surface area contributed by atoms with Gasteiger partial charge in [-0.1, -0.05) is 0 Å². The highest BCUT2D eigenvalue weighted by atomic mass is 19.4. The van der Waals surface area contributed by atoms with Crippen molar-refractivity contribution in [1.82, 2.24) is 5.32 Å². The van der Waals surface area contributed by atoms with Crippen LogP contribution in [0.2, 0.25) is 0 Å². The average Bonchev–Trinajstić information content (AvgIpc) is 1.95. The number of hydrogen-bond donors (Lipinski definition) is 1. The van der Waals surface area contributed by atoms with E-state index in [4.69, 9.17) is 4.74 Å². The van der Waals surface area contributed by atoms with Crippen molar-refractivity contribution in [1.29, 1.82) is 0 Å². The predicted octanol–water partition coefficient (Wildman–Crippen LogP) is 1.09. The van der Waals surface area contributed by atoms with Crippen LogP contribution in [0.4, 0.5) is 13.2 Å². The Bertz CT molecular complexity index is 168. The molecule has 0 atom stereocenters. The zero-order valence-electron chi connectivity index (χ0n) is 7.44. The number of rotatable bonds is 4. The molecule has 0 aliphatic carbocycles. The maximum Gasteiger partial charge on any atom is 0.405 e. The minimum atomic E-state index is -4.37. The van der Waals surface area contributed by atoms with Gasteiger partial charge >= 0.3 is 6.18 Å². The molecular weight excluding hydrogens is 187 g/mol. The van der Waals surface area contributed by atoms with Crippen molar-refractivity contribution in [3.8, 4) is 0 Å². The Morgan fingerprint density at radius 1 is 1.46 bits per heavy atom. The molecule has 3 nitrogen and oxygen atoms in total. The molecule has 78 valence electrons. The summed E-state index contributed by atoms with van der Waals surface area (Å²) in [4.78, 5) is 10.7.